The Bertz CT molecular complexity index is 457. The molecule has 0 aliphatic carbocycles. The van der Waals surface area contributed by atoms with Crippen LogP contribution < -0.4 is 0 Å². The Hall–Kier alpha value is -1.84. The van der Waals surface area contributed by atoms with E-state index in [4.69, 9.17) is 4.74 Å². The summed E-state index contributed by atoms with van der Waals surface area (Å²) < 4.78 is 5.17. The number of rotatable bonds is 1. The van der Waals surface area contributed by atoms with Gasteiger partial charge in [0, 0.05) is 6.42 Å². The average Bonchev–Trinajstić information content (AvgIpc) is 2.73. The number of fused-ring (bicyclic) bond motifs is 1. The Morgan fingerprint density at radius 1 is 1.18 bits per heavy atom. The Balaban J connectivity index is 2.00. The summed E-state index contributed by atoms with van der Waals surface area (Å²) in [6, 6.07) is 8.86. The van der Waals surface area contributed by atoms with E-state index in [0.29, 0.717) is 13.0 Å². The molecule has 2 atom stereocenters. The van der Waals surface area contributed by atoms with Gasteiger partial charge in [-0.1, -0.05) is 30.3 Å². The van der Waals surface area contributed by atoms with Crippen molar-refractivity contribution >= 4 is 11.9 Å². The monoisotopic (exact) mass is 231 g/mol. The van der Waals surface area contributed by atoms with Gasteiger partial charge in [-0.25, -0.2) is 4.79 Å². The summed E-state index contributed by atoms with van der Waals surface area (Å²) in [5.74, 6) is -0.261. The molecular weight excluding hydrogens is 218 g/mol. The number of cyclic esters (lactones) is 1. The van der Waals surface area contributed by atoms with Crippen molar-refractivity contribution in [3.63, 3.8) is 0 Å². The number of nitrogens with zero attached hydrogens (tertiary/aromatic N) is 1. The number of morpholine rings is 1. The van der Waals surface area contributed by atoms with E-state index < -0.39 is 6.04 Å². The van der Waals surface area contributed by atoms with Gasteiger partial charge in [0.05, 0.1) is 6.04 Å². The van der Waals surface area contributed by atoms with E-state index in [0.717, 1.165) is 12.0 Å². The molecule has 2 saturated heterocycles. The molecule has 0 spiro atoms. The van der Waals surface area contributed by atoms with Crippen LogP contribution in [0.3, 0.4) is 0 Å². The molecule has 1 aromatic rings. The zero-order valence-electron chi connectivity index (χ0n) is 9.33. The van der Waals surface area contributed by atoms with Gasteiger partial charge in [-0.2, -0.15) is 0 Å². The normalized spacial score (nSPS) is 27.9. The van der Waals surface area contributed by atoms with E-state index in [-0.39, 0.29) is 17.9 Å². The quantitative estimate of drug-likeness (QED) is 0.684. The minimum absolute atomic E-state index is 0.0560. The van der Waals surface area contributed by atoms with Crippen LogP contribution in [0.5, 0.6) is 0 Å². The number of hydrogen-bond acceptors (Lipinski definition) is 3. The standard InChI is InChI=1S/C13H13NO3/c15-11-7-6-10-8-17-13(16)12(14(10)11)9-4-2-1-3-5-9/h1-5,10,12H,6-8H2/t10-,12+/m0/s1. The first-order chi connectivity index (χ1) is 8.27. The van der Waals surface area contributed by atoms with Gasteiger partial charge in [0.25, 0.3) is 0 Å². The molecule has 0 saturated carbocycles. The van der Waals surface area contributed by atoms with Gasteiger partial charge in [-0.15, -0.1) is 0 Å². The van der Waals surface area contributed by atoms with Crippen LogP contribution in [0.2, 0.25) is 0 Å². The van der Waals surface area contributed by atoms with Gasteiger partial charge < -0.3 is 9.64 Å². The van der Waals surface area contributed by atoms with Crippen molar-refractivity contribution in [1.82, 2.24) is 4.90 Å². The fraction of sp³-hybridized carbons (Fsp3) is 0.385. The van der Waals surface area contributed by atoms with Crippen LogP contribution in [-0.2, 0) is 14.3 Å². The maximum atomic E-state index is 11.9. The van der Waals surface area contributed by atoms with Gasteiger partial charge >= 0.3 is 5.97 Å². The van der Waals surface area contributed by atoms with E-state index in [1.54, 1.807) is 4.90 Å². The smallest absolute Gasteiger partial charge is 0.333 e. The number of amides is 1. The lowest BCUT2D eigenvalue weighted by molar-refractivity contribution is -0.166. The van der Waals surface area contributed by atoms with E-state index in [9.17, 15) is 9.59 Å². The van der Waals surface area contributed by atoms with Gasteiger partial charge in [-0.05, 0) is 12.0 Å². The number of carbonyl (C=O) groups excluding carboxylic acids is 2. The van der Waals surface area contributed by atoms with Crippen molar-refractivity contribution in [2.75, 3.05) is 6.61 Å². The number of esters is 1. The molecule has 0 N–H and O–H groups in total. The van der Waals surface area contributed by atoms with E-state index in [2.05, 4.69) is 0 Å². The van der Waals surface area contributed by atoms with Crippen molar-refractivity contribution in [2.24, 2.45) is 0 Å². The third-order valence-corrected chi connectivity index (χ3v) is 3.41. The van der Waals surface area contributed by atoms with Crippen LogP contribution in [0.4, 0.5) is 0 Å². The number of ether oxygens (including phenoxy) is 1. The fourth-order valence-electron chi connectivity index (χ4n) is 2.58. The van der Waals surface area contributed by atoms with Crippen LogP contribution in [0.15, 0.2) is 30.3 Å². The summed E-state index contributed by atoms with van der Waals surface area (Å²) >= 11 is 0. The van der Waals surface area contributed by atoms with Crippen LogP contribution in [0, 0.1) is 0 Å². The maximum absolute atomic E-state index is 11.9. The summed E-state index contributed by atoms with van der Waals surface area (Å²) in [6.45, 7) is 0.341. The van der Waals surface area contributed by atoms with E-state index in [1.165, 1.54) is 0 Å². The molecular formula is C13H13NO3. The molecule has 0 bridgehead atoms. The zero-order valence-corrected chi connectivity index (χ0v) is 9.33. The second kappa shape index (κ2) is 3.87. The van der Waals surface area contributed by atoms with Crippen LogP contribution in [0.1, 0.15) is 24.4 Å². The zero-order chi connectivity index (χ0) is 11.8. The summed E-state index contributed by atoms with van der Waals surface area (Å²) in [6.07, 6.45) is 1.31. The highest BCUT2D eigenvalue weighted by molar-refractivity contribution is 5.88. The molecule has 0 radical (unpaired) electrons. The topological polar surface area (TPSA) is 46.6 Å². The summed E-state index contributed by atoms with van der Waals surface area (Å²) in [7, 11) is 0. The minimum Gasteiger partial charge on any atom is -0.462 e. The molecule has 17 heavy (non-hydrogen) atoms. The highest BCUT2D eigenvalue weighted by Crippen LogP contribution is 2.34. The molecule has 2 fully saturated rings. The van der Waals surface area contributed by atoms with Crippen LogP contribution in [-0.4, -0.2) is 29.4 Å². The highest BCUT2D eigenvalue weighted by Gasteiger charge is 2.45. The molecule has 0 unspecified atom stereocenters. The van der Waals surface area contributed by atoms with Crippen molar-refractivity contribution in [3.8, 4) is 0 Å². The molecule has 2 heterocycles. The van der Waals surface area contributed by atoms with Crippen molar-refractivity contribution in [2.45, 2.75) is 24.9 Å². The Morgan fingerprint density at radius 2 is 1.94 bits per heavy atom. The predicted octanol–water partition coefficient (Wildman–Crippen LogP) is 1.28. The predicted molar refractivity (Wildman–Crippen MR) is 60.0 cm³/mol. The van der Waals surface area contributed by atoms with E-state index in [1.807, 2.05) is 30.3 Å². The van der Waals surface area contributed by atoms with Crippen LogP contribution >= 0.6 is 0 Å². The van der Waals surface area contributed by atoms with Gasteiger partial charge in [-0.3, -0.25) is 4.79 Å². The molecule has 0 aromatic heterocycles. The molecule has 2 aliphatic heterocycles. The Morgan fingerprint density at radius 3 is 2.71 bits per heavy atom. The first-order valence-electron chi connectivity index (χ1n) is 5.80. The van der Waals surface area contributed by atoms with Gasteiger partial charge in [0.15, 0.2) is 6.04 Å². The van der Waals surface area contributed by atoms with Gasteiger partial charge in [0.2, 0.25) is 5.91 Å². The van der Waals surface area contributed by atoms with Crippen molar-refractivity contribution < 1.29 is 14.3 Å². The van der Waals surface area contributed by atoms with Crippen molar-refractivity contribution in [3.05, 3.63) is 35.9 Å². The highest BCUT2D eigenvalue weighted by atomic mass is 16.5. The minimum atomic E-state index is -0.551. The third-order valence-electron chi connectivity index (χ3n) is 3.41. The molecule has 1 amide bonds. The lowest BCUT2D eigenvalue weighted by Crippen LogP contribution is -2.48. The second-order valence-corrected chi connectivity index (χ2v) is 4.44. The molecule has 4 nitrogen and oxygen atoms in total. The van der Waals surface area contributed by atoms with Gasteiger partial charge in [0.1, 0.15) is 6.61 Å². The first-order valence-corrected chi connectivity index (χ1v) is 5.80. The maximum Gasteiger partial charge on any atom is 0.333 e. The summed E-state index contributed by atoms with van der Waals surface area (Å²) in [4.78, 5) is 25.4. The summed E-state index contributed by atoms with van der Waals surface area (Å²) in [5.41, 5.74) is 0.831. The average molecular weight is 231 g/mol. The number of benzene rings is 1. The number of carbonyl (C=O) groups is 2. The lowest BCUT2D eigenvalue weighted by atomic mass is 10.0. The Kier molecular flexibility index (Phi) is 2.35. The third kappa shape index (κ3) is 1.60. The lowest BCUT2D eigenvalue weighted by Gasteiger charge is -2.36. The first kappa shape index (κ1) is 10.3. The Labute approximate surface area is 99.2 Å². The molecule has 4 heteroatoms. The molecule has 2 aliphatic rings. The summed E-state index contributed by atoms with van der Waals surface area (Å²) in [5, 5.41) is 0. The van der Waals surface area contributed by atoms with Crippen LogP contribution in [0.25, 0.3) is 0 Å². The SMILES string of the molecule is O=C1OC[C@@H]2CCC(=O)N2[C@@H]1c1ccccc1. The fourth-order valence-corrected chi connectivity index (χ4v) is 2.58. The van der Waals surface area contributed by atoms with Crippen molar-refractivity contribution in [1.29, 1.82) is 0 Å². The molecule has 88 valence electrons. The second-order valence-electron chi connectivity index (χ2n) is 4.44. The number of hydrogen-bond donors (Lipinski definition) is 0. The molecule has 3 rings (SSSR count). The van der Waals surface area contributed by atoms with E-state index >= 15 is 0 Å². The largest absolute Gasteiger partial charge is 0.462 e. The molecule has 1 aromatic carbocycles.